The molecule has 0 N–H and O–H groups in total. The highest BCUT2D eigenvalue weighted by atomic mass is 35.5. The number of aromatic nitrogens is 2. The fourth-order valence-electron chi connectivity index (χ4n) is 1.41. The van der Waals surface area contributed by atoms with E-state index >= 15 is 0 Å². The summed E-state index contributed by atoms with van der Waals surface area (Å²) >= 11 is 6.04. The van der Waals surface area contributed by atoms with Crippen LogP contribution in [0.15, 0.2) is 36.4 Å². The van der Waals surface area contributed by atoms with Crippen LogP contribution < -0.4 is 4.90 Å². The third kappa shape index (κ3) is 2.14. The molecule has 3 nitrogen and oxygen atoms in total. The molecule has 4 heteroatoms. The minimum absolute atomic E-state index is 0.428. The molecular weight excluding hydrogens is 222 g/mol. The van der Waals surface area contributed by atoms with Crippen molar-refractivity contribution < 1.29 is 0 Å². The van der Waals surface area contributed by atoms with E-state index in [1.54, 1.807) is 0 Å². The van der Waals surface area contributed by atoms with Crippen LogP contribution in [0.5, 0.6) is 0 Å². The standard InChI is InChI=1S/C12H12ClN3/c1-16(2)11-8-10(12(13)15-14-11)9-6-4-3-5-7-9/h3-8H,1-2H3. The molecule has 0 aliphatic heterocycles. The summed E-state index contributed by atoms with van der Waals surface area (Å²) in [6, 6.07) is 11.9. The zero-order valence-electron chi connectivity index (χ0n) is 9.18. The van der Waals surface area contributed by atoms with Crippen molar-refractivity contribution in [1.82, 2.24) is 10.2 Å². The Bertz CT molecular complexity index is 483. The molecule has 2 rings (SSSR count). The molecule has 1 aromatic carbocycles. The summed E-state index contributed by atoms with van der Waals surface area (Å²) in [6.07, 6.45) is 0. The SMILES string of the molecule is CN(C)c1cc(-c2ccccc2)c(Cl)nn1. The Labute approximate surface area is 99.7 Å². The first kappa shape index (κ1) is 10.9. The van der Waals surface area contributed by atoms with Crippen molar-refractivity contribution in [3.63, 3.8) is 0 Å². The summed E-state index contributed by atoms with van der Waals surface area (Å²) < 4.78 is 0. The van der Waals surface area contributed by atoms with Crippen LogP contribution in [0.1, 0.15) is 0 Å². The van der Waals surface area contributed by atoms with E-state index in [0.717, 1.165) is 16.9 Å². The average Bonchev–Trinajstić information content (AvgIpc) is 2.30. The van der Waals surface area contributed by atoms with E-state index in [1.165, 1.54) is 0 Å². The second-order valence-corrected chi connectivity index (χ2v) is 4.03. The highest BCUT2D eigenvalue weighted by Gasteiger charge is 2.08. The molecule has 0 aliphatic rings. The van der Waals surface area contributed by atoms with Crippen LogP contribution in [0, 0.1) is 0 Å². The van der Waals surface area contributed by atoms with Gasteiger partial charge in [0.05, 0.1) is 0 Å². The molecule has 16 heavy (non-hydrogen) atoms. The van der Waals surface area contributed by atoms with Gasteiger partial charge in [-0.2, -0.15) is 0 Å². The average molecular weight is 234 g/mol. The number of hydrogen-bond acceptors (Lipinski definition) is 3. The van der Waals surface area contributed by atoms with Crippen LogP contribution in [0.4, 0.5) is 5.82 Å². The van der Waals surface area contributed by atoms with Crippen LogP contribution in [-0.2, 0) is 0 Å². The minimum atomic E-state index is 0.428. The maximum Gasteiger partial charge on any atom is 0.159 e. The second kappa shape index (κ2) is 4.49. The van der Waals surface area contributed by atoms with Crippen molar-refractivity contribution in [2.75, 3.05) is 19.0 Å². The van der Waals surface area contributed by atoms with Crippen molar-refractivity contribution in [2.45, 2.75) is 0 Å². The van der Waals surface area contributed by atoms with Crippen molar-refractivity contribution in [1.29, 1.82) is 0 Å². The normalized spacial score (nSPS) is 10.2. The molecule has 0 atom stereocenters. The number of hydrogen-bond donors (Lipinski definition) is 0. The monoisotopic (exact) mass is 233 g/mol. The Kier molecular flexibility index (Phi) is 3.06. The summed E-state index contributed by atoms with van der Waals surface area (Å²) in [4.78, 5) is 1.90. The lowest BCUT2D eigenvalue weighted by atomic mass is 10.1. The number of halogens is 1. The van der Waals surface area contributed by atoms with Crippen LogP contribution in [0.3, 0.4) is 0 Å². The molecule has 0 saturated heterocycles. The highest BCUT2D eigenvalue weighted by Crippen LogP contribution is 2.27. The van der Waals surface area contributed by atoms with Crippen molar-refractivity contribution in [3.8, 4) is 11.1 Å². The minimum Gasteiger partial charge on any atom is -0.361 e. The lowest BCUT2D eigenvalue weighted by Crippen LogP contribution is -2.11. The van der Waals surface area contributed by atoms with E-state index in [0.29, 0.717) is 5.15 Å². The summed E-state index contributed by atoms with van der Waals surface area (Å²) in [6.45, 7) is 0. The van der Waals surface area contributed by atoms with E-state index in [-0.39, 0.29) is 0 Å². The molecule has 0 amide bonds. The van der Waals surface area contributed by atoms with Crippen molar-refractivity contribution in [2.24, 2.45) is 0 Å². The van der Waals surface area contributed by atoms with E-state index < -0.39 is 0 Å². The lowest BCUT2D eigenvalue weighted by molar-refractivity contribution is 0.966. The van der Waals surface area contributed by atoms with E-state index in [9.17, 15) is 0 Å². The Hall–Kier alpha value is -1.61. The van der Waals surface area contributed by atoms with Gasteiger partial charge in [-0.25, -0.2) is 0 Å². The first-order valence-electron chi connectivity index (χ1n) is 4.94. The fourth-order valence-corrected chi connectivity index (χ4v) is 1.61. The van der Waals surface area contributed by atoms with Gasteiger partial charge in [0.15, 0.2) is 11.0 Å². The molecule has 0 unspecified atom stereocenters. The lowest BCUT2D eigenvalue weighted by Gasteiger charge is -2.12. The van der Waals surface area contributed by atoms with Gasteiger partial charge in [-0.15, -0.1) is 10.2 Å². The number of benzene rings is 1. The van der Waals surface area contributed by atoms with Crippen molar-refractivity contribution >= 4 is 17.4 Å². The zero-order chi connectivity index (χ0) is 11.5. The smallest absolute Gasteiger partial charge is 0.159 e. The Morgan fingerprint density at radius 3 is 2.38 bits per heavy atom. The predicted molar refractivity (Wildman–Crippen MR) is 66.8 cm³/mol. The molecule has 1 heterocycles. The van der Waals surface area contributed by atoms with E-state index in [2.05, 4.69) is 10.2 Å². The molecule has 82 valence electrons. The van der Waals surface area contributed by atoms with Gasteiger partial charge < -0.3 is 4.90 Å². The van der Waals surface area contributed by atoms with Gasteiger partial charge in [-0.3, -0.25) is 0 Å². The van der Waals surface area contributed by atoms with Gasteiger partial charge in [0.1, 0.15) is 0 Å². The Morgan fingerprint density at radius 2 is 1.75 bits per heavy atom. The van der Waals surface area contributed by atoms with Crippen LogP contribution in [0.25, 0.3) is 11.1 Å². The molecule has 0 spiro atoms. The largest absolute Gasteiger partial charge is 0.361 e. The molecule has 1 aromatic heterocycles. The molecule has 0 bridgehead atoms. The first-order chi connectivity index (χ1) is 7.68. The Balaban J connectivity index is 2.52. The summed E-state index contributed by atoms with van der Waals surface area (Å²) in [7, 11) is 3.85. The van der Waals surface area contributed by atoms with E-state index in [1.807, 2.05) is 55.4 Å². The summed E-state index contributed by atoms with van der Waals surface area (Å²) in [5.74, 6) is 0.795. The van der Waals surface area contributed by atoms with E-state index in [4.69, 9.17) is 11.6 Å². The molecule has 2 aromatic rings. The van der Waals surface area contributed by atoms with Crippen LogP contribution in [0.2, 0.25) is 5.15 Å². The molecular formula is C12H12ClN3. The molecule has 0 saturated carbocycles. The zero-order valence-corrected chi connectivity index (χ0v) is 9.94. The second-order valence-electron chi connectivity index (χ2n) is 3.67. The topological polar surface area (TPSA) is 29.0 Å². The molecule has 0 radical (unpaired) electrons. The summed E-state index contributed by atoms with van der Waals surface area (Å²) in [5, 5.41) is 8.39. The summed E-state index contributed by atoms with van der Waals surface area (Å²) in [5.41, 5.74) is 1.95. The molecule has 0 fully saturated rings. The maximum absolute atomic E-state index is 6.04. The molecule has 0 aliphatic carbocycles. The van der Waals surface area contributed by atoms with Crippen molar-refractivity contribution in [3.05, 3.63) is 41.6 Å². The number of anilines is 1. The van der Waals surface area contributed by atoms with Gasteiger partial charge >= 0.3 is 0 Å². The van der Waals surface area contributed by atoms with Gasteiger partial charge in [0.2, 0.25) is 0 Å². The first-order valence-corrected chi connectivity index (χ1v) is 5.32. The van der Waals surface area contributed by atoms with Gasteiger partial charge in [0, 0.05) is 19.7 Å². The third-order valence-corrected chi connectivity index (χ3v) is 2.56. The fraction of sp³-hybridized carbons (Fsp3) is 0.167. The number of nitrogens with zero attached hydrogens (tertiary/aromatic N) is 3. The number of rotatable bonds is 2. The van der Waals surface area contributed by atoms with Crippen LogP contribution in [-0.4, -0.2) is 24.3 Å². The Morgan fingerprint density at radius 1 is 1.06 bits per heavy atom. The maximum atomic E-state index is 6.04. The van der Waals surface area contributed by atoms with Gasteiger partial charge in [-0.1, -0.05) is 41.9 Å². The predicted octanol–water partition coefficient (Wildman–Crippen LogP) is 2.86. The van der Waals surface area contributed by atoms with Crippen LogP contribution >= 0.6 is 11.6 Å². The quantitative estimate of drug-likeness (QED) is 0.799. The highest BCUT2D eigenvalue weighted by molar-refractivity contribution is 6.32. The van der Waals surface area contributed by atoms with Gasteiger partial charge in [0.25, 0.3) is 0 Å². The third-order valence-electron chi connectivity index (χ3n) is 2.28. The van der Waals surface area contributed by atoms with Gasteiger partial charge in [-0.05, 0) is 11.6 Å².